The molecule has 5 nitrogen and oxygen atoms in total. The number of thiophene rings is 1. The van der Waals surface area contributed by atoms with Gasteiger partial charge >= 0.3 is 0 Å². The van der Waals surface area contributed by atoms with Crippen LogP contribution in [0.3, 0.4) is 0 Å². The molecule has 0 aliphatic carbocycles. The predicted molar refractivity (Wildman–Crippen MR) is 53.7 cm³/mol. The van der Waals surface area contributed by atoms with Crippen molar-refractivity contribution in [3.8, 4) is 0 Å². The molecule has 0 atom stereocenters. The van der Waals surface area contributed by atoms with Gasteiger partial charge in [0.1, 0.15) is 4.90 Å². The second kappa shape index (κ2) is 3.43. The summed E-state index contributed by atoms with van der Waals surface area (Å²) in [6.07, 6.45) is 2.59. The molecule has 0 aliphatic heterocycles. The van der Waals surface area contributed by atoms with E-state index in [4.69, 9.17) is 0 Å². The van der Waals surface area contributed by atoms with Crippen molar-refractivity contribution < 1.29 is 8.42 Å². The third kappa shape index (κ3) is 1.78. The lowest BCUT2D eigenvalue weighted by Crippen LogP contribution is -2.11. The van der Waals surface area contributed by atoms with Crippen LogP contribution in [-0.2, 0) is 10.0 Å². The molecule has 0 amide bonds. The van der Waals surface area contributed by atoms with Crippen molar-refractivity contribution in [2.75, 3.05) is 4.72 Å². The molecule has 0 saturated heterocycles. The number of anilines is 1. The summed E-state index contributed by atoms with van der Waals surface area (Å²) in [6.45, 7) is 0. The summed E-state index contributed by atoms with van der Waals surface area (Å²) < 4.78 is 25.6. The highest BCUT2D eigenvalue weighted by Gasteiger charge is 2.14. The standard InChI is InChI=1S/C7H7N3O2S2/c11-14(12,7-3-8-9-4-7)10-6-1-2-13-5-6/h1-5,10H,(H,8,9). The van der Waals surface area contributed by atoms with E-state index in [1.807, 2.05) is 0 Å². The molecular weight excluding hydrogens is 222 g/mol. The normalized spacial score (nSPS) is 11.4. The molecule has 0 unspecified atom stereocenters. The summed E-state index contributed by atoms with van der Waals surface area (Å²) in [5.74, 6) is 0. The number of nitrogens with one attached hydrogen (secondary N) is 2. The Labute approximate surface area is 84.8 Å². The maximum absolute atomic E-state index is 11.6. The summed E-state index contributed by atoms with van der Waals surface area (Å²) in [4.78, 5) is 0.128. The molecule has 0 saturated carbocycles. The number of H-pyrrole nitrogens is 1. The van der Waals surface area contributed by atoms with Crippen molar-refractivity contribution in [1.82, 2.24) is 10.2 Å². The van der Waals surface area contributed by atoms with E-state index in [1.54, 1.807) is 16.8 Å². The van der Waals surface area contributed by atoms with Crippen LogP contribution >= 0.6 is 11.3 Å². The van der Waals surface area contributed by atoms with Crippen LogP contribution in [0, 0.1) is 0 Å². The van der Waals surface area contributed by atoms with E-state index in [-0.39, 0.29) is 4.90 Å². The molecule has 0 spiro atoms. The monoisotopic (exact) mass is 229 g/mol. The molecule has 0 bridgehead atoms. The van der Waals surface area contributed by atoms with Gasteiger partial charge in [0.2, 0.25) is 0 Å². The number of aromatic amines is 1. The molecule has 2 aromatic heterocycles. The van der Waals surface area contributed by atoms with Gasteiger partial charge in [-0.3, -0.25) is 9.82 Å². The van der Waals surface area contributed by atoms with Gasteiger partial charge in [0.25, 0.3) is 10.0 Å². The maximum atomic E-state index is 11.6. The van der Waals surface area contributed by atoms with E-state index in [2.05, 4.69) is 14.9 Å². The number of hydrogen-bond donors (Lipinski definition) is 2. The highest BCUT2D eigenvalue weighted by atomic mass is 32.2. The molecule has 2 rings (SSSR count). The van der Waals surface area contributed by atoms with Crippen LogP contribution in [0.4, 0.5) is 5.69 Å². The predicted octanol–water partition coefficient (Wildman–Crippen LogP) is 1.27. The molecule has 0 aromatic carbocycles. The second-order valence-corrected chi connectivity index (χ2v) is 5.01. The zero-order valence-electron chi connectivity index (χ0n) is 6.97. The summed E-state index contributed by atoms with van der Waals surface area (Å²) in [5, 5.41) is 9.54. The van der Waals surface area contributed by atoms with Crippen molar-refractivity contribution in [3.05, 3.63) is 29.2 Å². The summed E-state index contributed by atoms with van der Waals surface area (Å²) in [7, 11) is -3.48. The Morgan fingerprint density at radius 1 is 1.50 bits per heavy atom. The first-order chi connectivity index (χ1) is 6.68. The van der Waals surface area contributed by atoms with E-state index < -0.39 is 10.0 Å². The molecule has 0 fully saturated rings. The van der Waals surface area contributed by atoms with Gasteiger partial charge < -0.3 is 0 Å². The van der Waals surface area contributed by atoms with Crippen molar-refractivity contribution in [1.29, 1.82) is 0 Å². The lowest BCUT2D eigenvalue weighted by molar-refractivity contribution is 0.601. The molecular formula is C7H7N3O2S2. The lowest BCUT2D eigenvalue weighted by atomic mass is 10.6. The van der Waals surface area contributed by atoms with Gasteiger partial charge in [-0.05, 0) is 11.4 Å². The highest BCUT2D eigenvalue weighted by Crippen LogP contribution is 2.16. The average Bonchev–Trinajstić information content (AvgIpc) is 2.71. The first-order valence-corrected chi connectivity index (χ1v) is 6.15. The quantitative estimate of drug-likeness (QED) is 0.832. The number of hydrogen-bond acceptors (Lipinski definition) is 4. The molecule has 2 aromatic rings. The van der Waals surface area contributed by atoms with Crippen molar-refractivity contribution in [2.45, 2.75) is 4.90 Å². The first-order valence-electron chi connectivity index (χ1n) is 3.72. The third-order valence-corrected chi connectivity index (χ3v) is 3.59. The van der Waals surface area contributed by atoms with E-state index in [1.165, 1.54) is 23.7 Å². The van der Waals surface area contributed by atoms with Crippen molar-refractivity contribution in [3.63, 3.8) is 0 Å². The Morgan fingerprint density at radius 3 is 2.93 bits per heavy atom. The van der Waals surface area contributed by atoms with E-state index >= 15 is 0 Å². The number of aromatic nitrogens is 2. The van der Waals surface area contributed by atoms with Gasteiger partial charge in [0, 0.05) is 11.6 Å². The van der Waals surface area contributed by atoms with E-state index in [9.17, 15) is 8.42 Å². The molecule has 74 valence electrons. The molecule has 14 heavy (non-hydrogen) atoms. The maximum Gasteiger partial charge on any atom is 0.265 e. The Kier molecular flexibility index (Phi) is 2.26. The van der Waals surface area contributed by atoms with Crippen LogP contribution < -0.4 is 4.72 Å². The summed E-state index contributed by atoms with van der Waals surface area (Å²) in [6, 6.07) is 1.70. The van der Waals surface area contributed by atoms with Gasteiger partial charge in [0.05, 0.1) is 11.9 Å². The van der Waals surface area contributed by atoms with Crippen LogP contribution in [0.1, 0.15) is 0 Å². The Balaban J connectivity index is 2.27. The van der Waals surface area contributed by atoms with Gasteiger partial charge in [-0.2, -0.15) is 16.4 Å². The van der Waals surface area contributed by atoms with E-state index in [0.717, 1.165) is 0 Å². The molecule has 0 aliphatic rings. The summed E-state index contributed by atoms with van der Waals surface area (Å²) in [5.41, 5.74) is 0.566. The van der Waals surface area contributed by atoms with Gasteiger partial charge in [-0.1, -0.05) is 0 Å². The van der Waals surface area contributed by atoms with Crippen molar-refractivity contribution >= 4 is 27.0 Å². The Morgan fingerprint density at radius 2 is 2.36 bits per heavy atom. The van der Waals surface area contributed by atoms with E-state index in [0.29, 0.717) is 5.69 Å². The fraction of sp³-hybridized carbons (Fsp3) is 0. The molecule has 2 N–H and O–H groups in total. The Bertz CT molecular complexity index is 487. The first kappa shape index (κ1) is 9.22. The van der Waals surface area contributed by atoms with Crippen LogP contribution in [0.2, 0.25) is 0 Å². The second-order valence-electron chi connectivity index (χ2n) is 2.55. The molecule has 7 heteroatoms. The Hall–Kier alpha value is -1.34. The largest absolute Gasteiger partial charge is 0.284 e. The zero-order chi connectivity index (χ0) is 10.0. The molecule has 0 radical (unpaired) electrons. The van der Waals surface area contributed by atoms with Crippen LogP contribution in [0.25, 0.3) is 0 Å². The van der Waals surface area contributed by atoms with Gasteiger partial charge in [-0.15, -0.1) is 0 Å². The van der Waals surface area contributed by atoms with Gasteiger partial charge in [-0.25, -0.2) is 8.42 Å². The smallest absolute Gasteiger partial charge is 0.265 e. The average molecular weight is 229 g/mol. The SMILES string of the molecule is O=S(=O)(Nc1ccsc1)c1cn[nH]c1. The molecule has 2 heterocycles. The zero-order valence-corrected chi connectivity index (χ0v) is 8.60. The third-order valence-electron chi connectivity index (χ3n) is 1.56. The lowest BCUT2D eigenvalue weighted by Gasteiger charge is -2.02. The minimum atomic E-state index is -3.48. The van der Waals surface area contributed by atoms with Gasteiger partial charge in [0.15, 0.2) is 0 Å². The van der Waals surface area contributed by atoms with Crippen LogP contribution in [-0.4, -0.2) is 18.6 Å². The minimum Gasteiger partial charge on any atom is -0.284 e. The minimum absolute atomic E-state index is 0.128. The van der Waals surface area contributed by atoms with Crippen LogP contribution in [0.5, 0.6) is 0 Å². The summed E-state index contributed by atoms with van der Waals surface area (Å²) >= 11 is 1.43. The topological polar surface area (TPSA) is 74.8 Å². The number of nitrogens with zero attached hydrogens (tertiary/aromatic N) is 1. The van der Waals surface area contributed by atoms with Crippen LogP contribution in [0.15, 0.2) is 34.1 Å². The highest BCUT2D eigenvalue weighted by molar-refractivity contribution is 7.92. The van der Waals surface area contributed by atoms with Crippen molar-refractivity contribution in [2.24, 2.45) is 0 Å². The fourth-order valence-electron chi connectivity index (χ4n) is 0.923. The number of rotatable bonds is 3. The fourth-order valence-corrected chi connectivity index (χ4v) is 2.54. The number of sulfonamides is 1.